The Kier molecular flexibility index (Phi) is 4.78. The number of para-hydroxylation sites is 1. The molecule has 112 valence electrons. The van der Waals surface area contributed by atoms with Gasteiger partial charge in [-0.3, -0.25) is 4.31 Å². The van der Waals surface area contributed by atoms with Gasteiger partial charge >= 0.3 is 0 Å². The summed E-state index contributed by atoms with van der Waals surface area (Å²) in [6.45, 7) is -0.392. The summed E-state index contributed by atoms with van der Waals surface area (Å²) in [5, 5.41) is 9.41. The van der Waals surface area contributed by atoms with Crippen molar-refractivity contribution in [3.8, 4) is 0 Å². The molecule has 0 aliphatic carbocycles. The Morgan fingerprint density at radius 1 is 1.14 bits per heavy atom. The molecule has 2 aromatic rings. The first-order valence-corrected chi connectivity index (χ1v) is 8.20. The summed E-state index contributed by atoms with van der Waals surface area (Å²) < 4.78 is 26.5. The van der Waals surface area contributed by atoms with Crippen LogP contribution in [0.25, 0.3) is 0 Å². The van der Waals surface area contributed by atoms with Crippen LogP contribution in [0, 0.1) is 0 Å². The van der Waals surface area contributed by atoms with E-state index in [0.29, 0.717) is 5.69 Å². The smallest absolute Gasteiger partial charge is 0.265 e. The Morgan fingerprint density at radius 3 is 2.33 bits per heavy atom. The molecular formula is C14H13Cl2NO3S. The van der Waals surface area contributed by atoms with E-state index in [1.54, 1.807) is 30.3 Å². The molecule has 0 bridgehead atoms. The highest BCUT2D eigenvalue weighted by atomic mass is 35.5. The highest BCUT2D eigenvalue weighted by Crippen LogP contribution is 2.32. The first-order valence-electron chi connectivity index (χ1n) is 6.00. The van der Waals surface area contributed by atoms with Crippen LogP contribution in [-0.4, -0.2) is 20.6 Å². The minimum atomic E-state index is -3.87. The second-order valence-electron chi connectivity index (χ2n) is 4.34. The van der Waals surface area contributed by atoms with E-state index >= 15 is 0 Å². The summed E-state index contributed by atoms with van der Waals surface area (Å²) in [7, 11) is -2.44. The highest BCUT2D eigenvalue weighted by molar-refractivity contribution is 7.93. The number of halogens is 2. The molecular weight excluding hydrogens is 333 g/mol. The predicted octanol–water partition coefficient (Wildman–Crippen LogP) is 3.31. The molecule has 0 spiro atoms. The second kappa shape index (κ2) is 6.23. The zero-order chi connectivity index (χ0) is 15.6. The van der Waals surface area contributed by atoms with E-state index in [-0.39, 0.29) is 20.5 Å². The molecule has 0 heterocycles. The second-order valence-corrected chi connectivity index (χ2v) is 7.10. The van der Waals surface area contributed by atoms with Crippen LogP contribution in [0.3, 0.4) is 0 Å². The fourth-order valence-electron chi connectivity index (χ4n) is 1.85. The van der Waals surface area contributed by atoms with Crippen LogP contribution < -0.4 is 4.31 Å². The number of benzene rings is 2. The molecule has 0 saturated carbocycles. The van der Waals surface area contributed by atoms with Crippen molar-refractivity contribution in [1.29, 1.82) is 0 Å². The van der Waals surface area contributed by atoms with Gasteiger partial charge in [0.1, 0.15) is 4.90 Å². The van der Waals surface area contributed by atoms with Crippen molar-refractivity contribution < 1.29 is 13.5 Å². The van der Waals surface area contributed by atoms with Crippen LogP contribution in [-0.2, 0) is 16.6 Å². The van der Waals surface area contributed by atoms with Crippen LogP contribution in [0.5, 0.6) is 0 Å². The molecule has 0 unspecified atom stereocenters. The van der Waals surface area contributed by atoms with Crippen molar-refractivity contribution in [2.75, 3.05) is 11.4 Å². The molecule has 0 radical (unpaired) electrons. The van der Waals surface area contributed by atoms with Crippen LogP contribution in [0.2, 0.25) is 10.0 Å². The number of anilines is 1. The largest absolute Gasteiger partial charge is 0.392 e. The van der Waals surface area contributed by atoms with Gasteiger partial charge in [0.15, 0.2) is 0 Å². The van der Waals surface area contributed by atoms with Gasteiger partial charge in [-0.2, -0.15) is 0 Å². The third kappa shape index (κ3) is 3.16. The van der Waals surface area contributed by atoms with E-state index in [9.17, 15) is 13.5 Å². The SMILES string of the molecule is CN(c1ccccc1)S(=O)(=O)c1cc(Cl)cc(CO)c1Cl. The van der Waals surface area contributed by atoms with Crippen molar-refractivity contribution in [1.82, 2.24) is 0 Å². The molecule has 0 aliphatic rings. The maximum Gasteiger partial charge on any atom is 0.265 e. The van der Waals surface area contributed by atoms with Crippen LogP contribution >= 0.6 is 23.2 Å². The van der Waals surface area contributed by atoms with Gasteiger partial charge in [0.2, 0.25) is 0 Å². The molecule has 21 heavy (non-hydrogen) atoms. The number of hydrogen-bond donors (Lipinski definition) is 1. The fraction of sp³-hybridized carbons (Fsp3) is 0.143. The maximum absolute atomic E-state index is 12.7. The van der Waals surface area contributed by atoms with Gasteiger partial charge in [-0.25, -0.2) is 8.42 Å². The Morgan fingerprint density at radius 2 is 1.76 bits per heavy atom. The van der Waals surface area contributed by atoms with E-state index in [2.05, 4.69) is 0 Å². The zero-order valence-corrected chi connectivity index (χ0v) is 13.5. The monoisotopic (exact) mass is 345 g/mol. The number of aliphatic hydroxyl groups is 1. The number of rotatable bonds is 4. The summed E-state index contributed by atoms with van der Waals surface area (Å²) in [6, 6.07) is 11.3. The summed E-state index contributed by atoms with van der Waals surface area (Å²) in [4.78, 5) is -0.132. The van der Waals surface area contributed by atoms with Gasteiger partial charge in [0, 0.05) is 12.1 Å². The number of aliphatic hydroxyl groups excluding tert-OH is 1. The molecule has 0 fully saturated rings. The Bertz CT molecular complexity index is 748. The van der Waals surface area contributed by atoms with Crippen molar-refractivity contribution in [3.63, 3.8) is 0 Å². The van der Waals surface area contributed by atoms with E-state index in [0.717, 1.165) is 4.31 Å². The lowest BCUT2D eigenvalue weighted by atomic mass is 10.2. The first kappa shape index (κ1) is 16.1. The molecule has 2 rings (SSSR count). The van der Waals surface area contributed by atoms with E-state index < -0.39 is 16.6 Å². The quantitative estimate of drug-likeness (QED) is 0.924. The number of hydrogen-bond acceptors (Lipinski definition) is 3. The van der Waals surface area contributed by atoms with Crippen LogP contribution in [0.15, 0.2) is 47.4 Å². The van der Waals surface area contributed by atoms with Gasteiger partial charge < -0.3 is 5.11 Å². The van der Waals surface area contributed by atoms with E-state index in [1.807, 2.05) is 0 Å². The van der Waals surface area contributed by atoms with E-state index in [1.165, 1.54) is 19.2 Å². The molecule has 0 saturated heterocycles. The van der Waals surface area contributed by atoms with Gasteiger partial charge in [0.05, 0.1) is 17.3 Å². The lowest BCUT2D eigenvalue weighted by Gasteiger charge is -2.21. The summed E-state index contributed by atoms with van der Waals surface area (Å²) >= 11 is 12.0. The van der Waals surface area contributed by atoms with Crippen LogP contribution in [0.4, 0.5) is 5.69 Å². The van der Waals surface area contributed by atoms with Gasteiger partial charge in [-0.05, 0) is 29.8 Å². The lowest BCUT2D eigenvalue weighted by Crippen LogP contribution is -2.27. The number of nitrogens with zero attached hydrogens (tertiary/aromatic N) is 1. The van der Waals surface area contributed by atoms with Crippen molar-refractivity contribution in [2.45, 2.75) is 11.5 Å². The third-order valence-electron chi connectivity index (χ3n) is 3.01. The first-order chi connectivity index (χ1) is 9.87. The van der Waals surface area contributed by atoms with Crippen molar-refractivity contribution in [2.24, 2.45) is 0 Å². The number of sulfonamides is 1. The third-order valence-corrected chi connectivity index (χ3v) is 5.59. The molecule has 0 amide bonds. The van der Waals surface area contributed by atoms with Gasteiger partial charge in [-0.15, -0.1) is 0 Å². The molecule has 2 aromatic carbocycles. The Balaban J connectivity index is 2.57. The van der Waals surface area contributed by atoms with E-state index in [4.69, 9.17) is 23.2 Å². The average Bonchev–Trinajstić information content (AvgIpc) is 2.49. The van der Waals surface area contributed by atoms with Gasteiger partial charge in [-0.1, -0.05) is 41.4 Å². The topological polar surface area (TPSA) is 57.6 Å². The zero-order valence-electron chi connectivity index (χ0n) is 11.1. The predicted molar refractivity (Wildman–Crippen MR) is 84.4 cm³/mol. The molecule has 7 heteroatoms. The summed E-state index contributed by atoms with van der Waals surface area (Å²) in [5.41, 5.74) is 0.767. The molecule has 0 aromatic heterocycles. The normalized spacial score (nSPS) is 11.4. The minimum Gasteiger partial charge on any atom is -0.392 e. The summed E-state index contributed by atoms with van der Waals surface area (Å²) in [6.07, 6.45) is 0. The standard InChI is InChI=1S/C14H13Cl2NO3S/c1-17(12-5-3-2-4-6-12)21(19,20)13-8-11(15)7-10(9-18)14(13)16/h2-8,18H,9H2,1H3. The van der Waals surface area contributed by atoms with Crippen molar-refractivity contribution >= 4 is 38.9 Å². The molecule has 4 nitrogen and oxygen atoms in total. The lowest BCUT2D eigenvalue weighted by molar-refractivity contribution is 0.281. The van der Waals surface area contributed by atoms with Crippen LogP contribution in [0.1, 0.15) is 5.56 Å². The molecule has 0 atom stereocenters. The summed E-state index contributed by atoms with van der Waals surface area (Å²) in [5.74, 6) is 0. The Hall–Kier alpha value is -1.27. The average molecular weight is 346 g/mol. The minimum absolute atomic E-state index is 0.0234. The fourth-order valence-corrected chi connectivity index (χ4v) is 3.94. The maximum atomic E-state index is 12.7. The van der Waals surface area contributed by atoms with Gasteiger partial charge in [0.25, 0.3) is 10.0 Å². The van der Waals surface area contributed by atoms with Crippen molar-refractivity contribution in [3.05, 3.63) is 58.1 Å². The molecule has 1 N–H and O–H groups in total. The highest BCUT2D eigenvalue weighted by Gasteiger charge is 2.26. The Labute approximate surface area is 133 Å². The molecule has 0 aliphatic heterocycles.